The average Bonchev–Trinajstić information content (AvgIpc) is 3.30. The minimum Gasteiger partial charge on any atom is -0.497 e. The van der Waals surface area contributed by atoms with Gasteiger partial charge in [0.15, 0.2) is 0 Å². The molecule has 1 fully saturated rings. The van der Waals surface area contributed by atoms with E-state index in [1.54, 1.807) is 14.2 Å². The maximum atomic E-state index is 5.39. The van der Waals surface area contributed by atoms with Gasteiger partial charge in [0.05, 0.1) is 20.3 Å². The van der Waals surface area contributed by atoms with Crippen LogP contribution in [0.5, 0.6) is 11.5 Å². The lowest BCUT2D eigenvalue weighted by Gasteiger charge is -2.25. The van der Waals surface area contributed by atoms with Gasteiger partial charge >= 0.3 is 0 Å². The zero-order valence-corrected chi connectivity index (χ0v) is 16.3. The molecule has 7 heteroatoms. The van der Waals surface area contributed by atoms with E-state index < -0.39 is 0 Å². The molecule has 1 aliphatic heterocycles. The standard InChI is InChI=1S/C18H26N4O2S/c1-12(2)17-19-18(25-20-17)21(3)13-6-7-22(11-13)14-8-15(23-4)10-16(9-14)24-5/h8-10,12-13H,6-7,11H2,1-5H3. The summed E-state index contributed by atoms with van der Waals surface area (Å²) in [5.74, 6) is 2.93. The van der Waals surface area contributed by atoms with Gasteiger partial charge in [-0.25, -0.2) is 4.98 Å². The van der Waals surface area contributed by atoms with Crippen molar-refractivity contribution in [2.24, 2.45) is 0 Å². The van der Waals surface area contributed by atoms with Gasteiger partial charge in [-0.15, -0.1) is 0 Å². The van der Waals surface area contributed by atoms with Crippen molar-refractivity contribution in [3.63, 3.8) is 0 Å². The Morgan fingerprint density at radius 1 is 1.20 bits per heavy atom. The number of likely N-dealkylation sites (N-methyl/N-ethyl adjacent to an activating group) is 1. The highest BCUT2D eigenvalue weighted by Crippen LogP contribution is 2.32. The number of rotatable bonds is 6. The Balaban J connectivity index is 1.72. The smallest absolute Gasteiger partial charge is 0.205 e. The molecule has 136 valence electrons. The van der Waals surface area contributed by atoms with E-state index >= 15 is 0 Å². The van der Waals surface area contributed by atoms with Crippen molar-refractivity contribution in [3.8, 4) is 11.5 Å². The Morgan fingerprint density at radius 2 is 1.88 bits per heavy atom. The minimum absolute atomic E-state index is 0.364. The largest absolute Gasteiger partial charge is 0.497 e. The van der Waals surface area contributed by atoms with Gasteiger partial charge in [0.2, 0.25) is 5.13 Å². The number of anilines is 2. The Bertz CT molecular complexity index is 697. The zero-order chi connectivity index (χ0) is 18.0. The molecule has 2 heterocycles. The van der Waals surface area contributed by atoms with Crippen molar-refractivity contribution < 1.29 is 9.47 Å². The SMILES string of the molecule is COc1cc(OC)cc(N2CCC(N(C)c3nc(C(C)C)ns3)C2)c1. The van der Waals surface area contributed by atoms with Gasteiger partial charge in [0, 0.05) is 61.5 Å². The van der Waals surface area contributed by atoms with Crippen LogP contribution in [0, 0.1) is 0 Å². The molecule has 0 aliphatic carbocycles. The van der Waals surface area contributed by atoms with Crippen molar-refractivity contribution in [1.82, 2.24) is 9.36 Å². The van der Waals surface area contributed by atoms with Crippen LogP contribution in [0.15, 0.2) is 18.2 Å². The van der Waals surface area contributed by atoms with Crippen molar-refractivity contribution in [3.05, 3.63) is 24.0 Å². The predicted molar refractivity (Wildman–Crippen MR) is 103 cm³/mol. The molecule has 3 rings (SSSR count). The number of hydrogen-bond acceptors (Lipinski definition) is 7. The Hall–Kier alpha value is -2.02. The van der Waals surface area contributed by atoms with Gasteiger partial charge in [-0.2, -0.15) is 4.37 Å². The fourth-order valence-electron chi connectivity index (χ4n) is 3.03. The van der Waals surface area contributed by atoms with Crippen LogP contribution in [-0.4, -0.2) is 49.8 Å². The lowest BCUT2D eigenvalue weighted by atomic mass is 10.2. The average molecular weight is 362 g/mol. The maximum absolute atomic E-state index is 5.39. The summed E-state index contributed by atoms with van der Waals surface area (Å²) in [6.07, 6.45) is 1.09. The first-order chi connectivity index (χ1) is 12.0. The molecule has 0 saturated carbocycles. The van der Waals surface area contributed by atoms with Gasteiger partial charge in [-0.3, -0.25) is 0 Å². The van der Waals surface area contributed by atoms with Crippen LogP contribution in [0.3, 0.4) is 0 Å². The Morgan fingerprint density at radius 3 is 2.44 bits per heavy atom. The molecule has 1 saturated heterocycles. The molecule has 0 amide bonds. The van der Waals surface area contributed by atoms with E-state index in [1.807, 2.05) is 6.07 Å². The summed E-state index contributed by atoms with van der Waals surface area (Å²) < 4.78 is 15.3. The second-order valence-corrected chi connectivity index (χ2v) is 7.39. The molecule has 0 radical (unpaired) electrons. The molecule has 1 atom stereocenters. The molecule has 2 aromatic rings. The van der Waals surface area contributed by atoms with Crippen LogP contribution < -0.4 is 19.3 Å². The van der Waals surface area contributed by atoms with Gasteiger partial charge in [0.1, 0.15) is 17.3 Å². The third-order valence-electron chi connectivity index (χ3n) is 4.66. The number of benzene rings is 1. The van der Waals surface area contributed by atoms with E-state index in [0.29, 0.717) is 12.0 Å². The number of ether oxygens (including phenoxy) is 2. The molecule has 1 aromatic carbocycles. The molecule has 1 aliphatic rings. The van der Waals surface area contributed by atoms with E-state index in [-0.39, 0.29) is 0 Å². The molecule has 25 heavy (non-hydrogen) atoms. The summed E-state index contributed by atoms with van der Waals surface area (Å²) in [4.78, 5) is 9.32. The van der Waals surface area contributed by atoms with Crippen molar-refractivity contribution >= 4 is 22.4 Å². The quantitative estimate of drug-likeness (QED) is 0.785. The van der Waals surface area contributed by atoms with Gasteiger partial charge in [-0.05, 0) is 6.42 Å². The molecule has 0 bridgehead atoms. The van der Waals surface area contributed by atoms with Crippen molar-refractivity contribution in [1.29, 1.82) is 0 Å². The van der Waals surface area contributed by atoms with Gasteiger partial charge in [-0.1, -0.05) is 13.8 Å². The fourth-order valence-corrected chi connectivity index (χ4v) is 3.87. The van der Waals surface area contributed by atoms with Crippen molar-refractivity contribution in [2.75, 3.05) is 44.2 Å². The monoisotopic (exact) mass is 362 g/mol. The third-order valence-corrected chi connectivity index (χ3v) is 5.48. The topological polar surface area (TPSA) is 50.7 Å². The molecular formula is C18H26N4O2S. The maximum Gasteiger partial charge on any atom is 0.205 e. The van der Waals surface area contributed by atoms with E-state index in [0.717, 1.165) is 47.7 Å². The Labute approximate surface area is 153 Å². The number of hydrogen-bond donors (Lipinski definition) is 0. The summed E-state index contributed by atoms with van der Waals surface area (Å²) in [7, 11) is 5.48. The van der Waals surface area contributed by atoms with E-state index in [4.69, 9.17) is 9.47 Å². The van der Waals surface area contributed by atoms with Crippen LogP contribution in [0.2, 0.25) is 0 Å². The number of methoxy groups -OCH3 is 2. The first kappa shape index (κ1) is 17.8. The summed E-state index contributed by atoms with van der Waals surface area (Å²) >= 11 is 1.49. The highest BCUT2D eigenvalue weighted by Gasteiger charge is 2.28. The summed E-state index contributed by atoms with van der Waals surface area (Å²) in [6.45, 7) is 6.20. The fraction of sp³-hybridized carbons (Fsp3) is 0.556. The summed E-state index contributed by atoms with van der Waals surface area (Å²) in [6, 6.07) is 6.45. The van der Waals surface area contributed by atoms with E-state index in [9.17, 15) is 0 Å². The Kier molecular flexibility index (Phi) is 5.32. The second kappa shape index (κ2) is 7.47. The number of aromatic nitrogens is 2. The van der Waals surface area contributed by atoms with E-state index in [1.165, 1.54) is 11.5 Å². The first-order valence-electron chi connectivity index (χ1n) is 8.56. The van der Waals surface area contributed by atoms with Crippen LogP contribution in [-0.2, 0) is 0 Å². The molecule has 0 spiro atoms. The summed E-state index contributed by atoms with van der Waals surface area (Å²) in [5, 5.41) is 0.999. The molecule has 1 unspecified atom stereocenters. The third kappa shape index (κ3) is 3.81. The van der Waals surface area contributed by atoms with Crippen LogP contribution in [0.1, 0.15) is 32.0 Å². The lowest BCUT2D eigenvalue weighted by Crippen LogP contribution is -2.34. The highest BCUT2D eigenvalue weighted by molar-refractivity contribution is 7.09. The van der Waals surface area contributed by atoms with E-state index in [2.05, 4.69) is 52.2 Å². The van der Waals surface area contributed by atoms with Crippen LogP contribution >= 0.6 is 11.5 Å². The molecular weight excluding hydrogens is 336 g/mol. The zero-order valence-electron chi connectivity index (χ0n) is 15.5. The van der Waals surface area contributed by atoms with Crippen molar-refractivity contribution in [2.45, 2.75) is 32.2 Å². The van der Waals surface area contributed by atoms with Gasteiger partial charge in [0.25, 0.3) is 0 Å². The molecule has 0 N–H and O–H groups in total. The van der Waals surface area contributed by atoms with Gasteiger partial charge < -0.3 is 19.3 Å². The lowest BCUT2D eigenvalue weighted by molar-refractivity contribution is 0.394. The molecule has 6 nitrogen and oxygen atoms in total. The second-order valence-electron chi connectivity index (χ2n) is 6.66. The highest BCUT2D eigenvalue weighted by atomic mass is 32.1. The van der Waals surface area contributed by atoms with Crippen LogP contribution in [0.4, 0.5) is 10.8 Å². The summed E-state index contributed by atoms with van der Waals surface area (Å²) in [5.41, 5.74) is 1.13. The molecule has 1 aromatic heterocycles. The minimum atomic E-state index is 0.364. The van der Waals surface area contributed by atoms with Crippen LogP contribution in [0.25, 0.3) is 0 Å². The normalized spacial score (nSPS) is 17.2. The number of nitrogens with zero attached hydrogens (tertiary/aromatic N) is 4. The predicted octanol–water partition coefficient (Wildman–Crippen LogP) is 3.39. The first-order valence-corrected chi connectivity index (χ1v) is 9.33.